The van der Waals surface area contributed by atoms with Crippen molar-refractivity contribution in [3.05, 3.63) is 65.0 Å². The maximum atomic E-state index is 12.2. The summed E-state index contributed by atoms with van der Waals surface area (Å²) in [7, 11) is -3.24. The number of sulfone groups is 1. The molecule has 7 nitrogen and oxygen atoms in total. The van der Waals surface area contributed by atoms with Crippen LogP contribution in [-0.2, 0) is 20.3 Å². The van der Waals surface area contributed by atoms with Crippen molar-refractivity contribution >= 4 is 21.7 Å². The molecule has 0 fully saturated rings. The first kappa shape index (κ1) is 21.6. The predicted octanol–water partition coefficient (Wildman–Crippen LogP) is 2.30. The Hall–Kier alpha value is -2.74. The smallest absolute Gasteiger partial charge is 0.339 e. The van der Waals surface area contributed by atoms with Gasteiger partial charge in [-0.05, 0) is 38.0 Å². The molecule has 1 aromatic carbocycles. The first-order chi connectivity index (χ1) is 13.3. The summed E-state index contributed by atoms with van der Waals surface area (Å²) in [6.07, 6.45) is 0.306. The lowest BCUT2D eigenvalue weighted by Crippen LogP contribution is -2.27. The molecule has 1 heterocycles. The van der Waals surface area contributed by atoms with E-state index in [1.165, 1.54) is 12.1 Å². The maximum absolute atomic E-state index is 12.2. The van der Waals surface area contributed by atoms with E-state index < -0.39 is 21.7 Å². The van der Waals surface area contributed by atoms with E-state index in [1.807, 2.05) is 6.07 Å². The molecule has 0 aliphatic carbocycles. The lowest BCUT2D eigenvalue weighted by molar-refractivity contribution is 0.0524. The molecule has 0 spiro atoms. The van der Waals surface area contributed by atoms with Crippen LogP contribution < -0.4 is 5.32 Å². The third-order valence-electron chi connectivity index (χ3n) is 3.96. The molecule has 28 heavy (non-hydrogen) atoms. The zero-order valence-corrected chi connectivity index (χ0v) is 16.8. The molecule has 0 aliphatic rings. The second kappa shape index (κ2) is 9.98. The van der Waals surface area contributed by atoms with Crippen molar-refractivity contribution in [2.75, 3.05) is 18.9 Å². The molecule has 150 valence electrons. The number of aromatic nitrogens is 1. The number of esters is 1. The largest absolute Gasteiger partial charge is 0.462 e. The standard InChI is InChI=1S/C20H24N2O5S/c1-3-27-20(24)17-10-11-18(22-15(17)2)19(23)21-12-7-13-28(25,26)14-16-8-5-4-6-9-16/h4-6,8-11H,3,7,12-14H2,1-2H3,(H,21,23). The van der Waals surface area contributed by atoms with Crippen LogP contribution in [0.1, 0.15) is 45.4 Å². The van der Waals surface area contributed by atoms with E-state index in [-0.39, 0.29) is 30.4 Å². The Kier molecular flexibility index (Phi) is 7.69. The molecule has 0 saturated carbocycles. The van der Waals surface area contributed by atoms with Crippen LogP contribution in [0.4, 0.5) is 0 Å². The first-order valence-corrected chi connectivity index (χ1v) is 10.8. The average Bonchev–Trinajstić information content (AvgIpc) is 2.65. The van der Waals surface area contributed by atoms with Gasteiger partial charge < -0.3 is 10.1 Å². The molecule has 0 saturated heterocycles. The summed E-state index contributed by atoms with van der Waals surface area (Å²) in [6, 6.07) is 11.9. The summed E-state index contributed by atoms with van der Waals surface area (Å²) in [5, 5.41) is 2.65. The van der Waals surface area contributed by atoms with Crippen LogP contribution in [0.15, 0.2) is 42.5 Å². The van der Waals surface area contributed by atoms with Crippen LogP contribution >= 0.6 is 0 Å². The van der Waals surface area contributed by atoms with Crippen LogP contribution in [0.5, 0.6) is 0 Å². The van der Waals surface area contributed by atoms with Crippen LogP contribution in [0.3, 0.4) is 0 Å². The van der Waals surface area contributed by atoms with E-state index in [2.05, 4.69) is 10.3 Å². The second-order valence-electron chi connectivity index (χ2n) is 6.24. The Morgan fingerprint density at radius 3 is 2.46 bits per heavy atom. The maximum Gasteiger partial charge on any atom is 0.339 e. The van der Waals surface area contributed by atoms with Crippen molar-refractivity contribution < 1.29 is 22.7 Å². The third-order valence-corrected chi connectivity index (χ3v) is 5.64. The number of amides is 1. The summed E-state index contributed by atoms with van der Waals surface area (Å²) in [4.78, 5) is 28.1. The molecule has 0 radical (unpaired) electrons. The number of carbonyl (C=O) groups is 2. The molecule has 8 heteroatoms. The van der Waals surface area contributed by atoms with E-state index >= 15 is 0 Å². The first-order valence-electron chi connectivity index (χ1n) is 8.99. The van der Waals surface area contributed by atoms with Crippen molar-refractivity contribution in [2.45, 2.75) is 26.0 Å². The van der Waals surface area contributed by atoms with Gasteiger partial charge in [-0.2, -0.15) is 0 Å². The minimum Gasteiger partial charge on any atom is -0.462 e. The highest BCUT2D eigenvalue weighted by molar-refractivity contribution is 7.90. The van der Waals surface area contributed by atoms with Gasteiger partial charge in [0.2, 0.25) is 0 Å². The molecule has 1 amide bonds. The van der Waals surface area contributed by atoms with Gasteiger partial charge in [-0.15, -0.1) is 0 Å². The van der Waals surface area contributed by atoms with E-state index in [0.717, 1.165) is 5.56 Å². The van der Waals surface area contributed by atoms with Crippen molar-refractivity contribution in [3.63, 3.8) is 0 Å². The highest BCUT2D eigenvalue weighted by Crippen LogP contribution is 2.09. The van der Waals surface area contributed by atoms with Crippen LogP contribution in [0, 0.1) is 6.92 Å². The minimum atomic E-state index is -3.24. The van der Waals surface area contributed by atoms with Crippen molar-refractivity contribution in [1.29, 1.82) is 0 Å². The lowest BCUT2D eigenvalue weighted by Gasteiger charge is -2.08. The number of benzene rings is 1. The van der Waals surface area contributed by atoms with E-state index in [1.54, 1.807) is 38.1 Å². The predicted molar refractivity (Wildman–Crippen MR) is 106 cm³/mol. The summed E-state index contributed by atoms with van der Waals surface area (Å²) in [5.74, 6) is -0.934. The molecule has 1 N–H and O–H groups in total. The van der Waals surface area contributed by atoms with Gasteiger partial charge in [-0.1, -0.05) is 30.3 Å². The fraction of sp³-hybridized carbons (Fsp3) is 0.350. The number of aryl methyl sites for hydroxylation is 1. The molecular formula is C20H24N2O5S. The molecule has 2 rings (SSSR count). The Balaban J connectivity index is 1.84. The Labute approximate surface area is 165 Å². The lowest BCUT2D eigenvalue weighted by atomic mass is 10.2. The minimum absolute atomic E-state index is 0.0160. The zero-order valence-electron chi connectivity index (χ0n) is 16.0. The van der Waals surface area contributed by atoms with E-state index in [4.69, 9.17) is 4.74 Å². The number of pyridine rings is 1. The fourth-order valence-electron chi connectivity index (χ4n) is 2.60. The summed E-state index contributed by atoms with van der Waals surface area (Å²) >= 11 is 0. The Morgan fingerprint density at radius 2 is 1.82 bits per heavy atom. The topological polar surface area (TPSA) is 102 Å². The van der Waals surface area contributed by atoms with Gasteiger partial charge in [-0.3, -0.25) is 4.79 Å². The number of carbonyl (C=O) groups excluding carboxylic acids is 2. The van der Waals surface area contributed by atoms with Gasteiger partial charge in [0.25, 0.3) is 5.91 Å². The van der Waals surface area contributed by atoms with Crippen molar-refractivity contribution in [1.82, 2.24) is 10.3 Å². The monoisotopic (exact) mass is 404 g/mol. The van der Waals surface area contributed by atoms with Gasteiger partial charge in [-0.25, -0.2) is 18.2 Å². The molecular weight excluding hydrogens is 380 g/mol. The van der Waals surface area contributed by atoms with Crippen LogP contribution in [-0.4, -0.2) is 44.2 Å². The van der Waals surface area contributed by atoms with E-state index in [9.17, 15) is 18.0 Å². The third kappa shape index (κ3) is 6.45. The Bertz CT molecular complexity index is 927. The highest BCUT2D eigenvalue weighted by atomic mass is 32.2. The van der Waals surface area contributed by atoms with E-state index in [0.29, 0.717) is 17.7 Å². The number of nitrogens with one attached hydrogen (secondary N) is 1. The number of hydrogen-bond acceptors (Lipinski definition) is 6. The number of hydrogen-bond donors (Lipinski definition) is 1. The van der Waals surface area contributed by atoms with Crippen molar-refractivity contribution in [2.24, 2.45) is 0 Å². The molecule has 0 bridgehead atoms. The average molecular weight is 404 g/mol. The Morgan fingerprint density at radius 1 is 1.11 bits per heavy atom. The normalized spacial score (nSPS) is 11.1. The molecule has 0 aliphatic heterocycles. The second-order valence-corrected chi connectivity index (χ2v) is 8.42. The van der Waals surface area contributed by atoms with Gasteiger partial charge in [0.05, 0.1) is 29.4 Å². The molecule has 0 unspecified atom stereocenters. The van der Waals surface area contributed by atoms with Crippen LogP contribution in [0.25, 0.3) is 0 Å². The van der Waals surface area contributed by atoms with Crippen LogP contribution in [0.2, 0.25) is 0 Å². The number of ether oxygens (including phenoxy) is 1. The zero-order chi connectivity index (χ0) is 20.6. The molecule has 2 aromatic rings. The summed E-state index contributed by atoms with van der Waals surface area (Å²) in [5.41, 5.74) is 1.62. The van der Waals surface area contributed by atoms with Gasteiger partial charge in [0, 0.05) is 6.54 Å². The van der Waals surface area contributed by atoms with Gasteiger partial charge in [0.1, 0.15) is 5.69 Å². The molecule has 1 aromatic heterocycles. The molecule has 0 atom stereocenters. The summed E-state index contributed by atoms with van der Waals surface area (Å²) in [6.45, 7) is 3.81. The van der Waals surface area contributed by atoms with Gasteiger partial charge >= 0.3 is 5.97 Å². The number of rotatable bonds is 9. The SMILES string of the molecule is CCOC(=O)c1ccc(C(=O)NCCCS(=O)(=O)Cc2ccccc2)nc1C. The summed E-state index contributed by atoms with van der Waals surface area (Å²) < 4.78 is 29.2. The van der Waals surface area contributed by atoms with Gasteiger partial charge in [0.15, 0.2) is 9.84 Å². The highest BCUT2D eigenvalue weighted by Gasteiger charge is 2.15. The quantitative estimate of drug-likeness (QED) is 0.508. The number of nitrogens with zero attached hydrogens (tertiary/aromatic N) is 1. The fourth-order valence-corrected chi connectivity index (χ4v) is 4.03. The van der Waals surface area contributed by atoms with Crippen molar-refractivity contribution in [3.8, 4) is 0 Å².